The van der Waals surface area contributed by atoms with Crippen LogP contribution in [0.15, 0.2) is 18.2 Å². The van der Waals surface area contributed by atoms with E-state index in [4.69, 9.17) is 0 Å². The van der Waals surface area contributed by atoms with Gasteiger partial charge in [-0.2, -0.15) is 0 Å². The maximum atomic E-state index is 13.0. The predicted molar refractivity (Wildman–Crippen MR) is 61.6 cm³/mol. The highest BCUT2D eigenvalue weighted by Gasteiger charge is 2.21. The number of amides is 2. The van der Waals surface area contributed by atoms with E-state index in [-0.39, 0.29) is 23.3 Å². The highest BCUT2D eigenvalue weighted by molar-refractivity contribution is 5.97. The van der Waals surface area contributed by atoms with E-state index in [0.717, 1.165) is 18.2 Å². The monoisotopic (exact) mass is 252 g/mol. The van der Waals surface area contributed by atoms with Crippen molar-refractivity contribution in [2.24, 2.45) is 0 Å². The first-order valence-corrected chi connectivity index (χ1v) is 5.62. The van der Waals surface area contributed by atoms with Crippen LogP contribution >= 0.6 is 0 Å². The molecular weight excluding hydrogens is 239 g/mol. The molecule has 0 spiro atoms. The lowest BCUT2D eigenvalue weighted by Crippen LogP contribution is -2.47. The molecule has 1 aromatic rings. The van der Waals surface area contributed by atoms with Gasteiger partial charge in [-0.05, 0) is 24.6 Å². The second-order valence-electron chi connectivity index (χ2n) is 4.17. The third kappa shape index (κ3) is 2.77. The Hall–Kier alpha value is -2.11. The van der Waals surface area contributed by atoms with Gasteiger partial charge in [0.05, 0.1) is 5.56 Å². The number of hydrogen-bond donors (Lipinski definition) is 3. The minimum absolute atomic E-state index is 0.0471. The number of carbonyl (C=O) groups is 2. The van der Waals surface area contributed by atoms with E-state index in [9.17, 15) is 19.1 Å². The Kier molecular flexibility index (Phi) is 3.45. The van der Waals surface area contributed by atoms with Crippen LogP contribution in [0.2, 0.25) is 0 Å². The lowest BCUT2D eigenvalue weighted by molar-refractivity contribution is -0.122. The number of carbonyl (C=O) groups excluding carboxylic acids is 2. The number of piperidine rings is 1. The quantitative estimate of drug-likeness (QED) is 0.718. The van der Waals surface area contributed by atoms with E-state index in [1.165, 1.54) is 0 Å². The molecule has 1 atom stereocenters. The molecule has 1 heterocycles. The van der Waals surface area contributed by atoms with E-state index in [1.807, 2.05) is 0 Å². The topological polar surface area (TPSA) is 78.4 Å². The van der Waals surface area contributed by atoms with Crippen molar-refractivity contribution >= 4 is 11.8 Å². The van der Waals surface area contributed by atoms with Crippen molar-refractivity contribution in [1.82, 2.24) is 10.6 Å². The van der Waals surface area contributed by atoms with E-state index in [1.54, 1.807) is 0 Å². The maximum Gasteiger partial charge on any atom is 0.255 e. The Morgan fingerprint density at radius 1 is 1.50 bits per heavy atom. The van der Waals surface area contributed by atoms with Crippen molar-refractivity contribution in [3.8, 4) is 5.75 Å². The van der Waals surface area contributed by atoms with Gasteiger partial charge in [-0.3, -0.25) is 9.59 Å². The van der Waals surface area contributed by atoms with Gasteiger partial charge in [-0.15, -0.1) is 0 Å². The summed E-state index contributed by atoms with van der Waals surface area (Å²) in [5.74, 6) is -1.45. The molecular formula is C12H13FN2O3. The summed E-state index contributed by atoms with van der Waals surface area (Å²) < 4.78 is 13.0. The lowest BCUT2D eigenvalue weighted by atomic mass is 10.1. The van der Waals surface area contributed by atoms with E-state index in [2.05, 4.69) is 10.6 Å². The second-order valence-corrected chi connectivity index (χ2v) is 4.17. The van der Waals surface area contributed by atoms with Crippen LogP contribution in [0, 0.1) is 5.82 Å². The molecule has 1 aromatic carbocycles. The van der Waals surface area contributed by atoms with Crippen LogP contribution in [0.25, 0.3) is 0 Å². The molecule has 0 radical (unpaired) electrons. The van der Waals surface area contributed by atoms with Crippen molar-refractivity contribution in [3.05, 3.63) is 29.6 Å². The van der Waals surface area contributed by atoms with Crippen LogP contribution in [0.4, 0.5) is 4.39 Å². The molecule has 1 unspecified atom stereocenters. The molecule has 2 rings (SSSR count). The van der Waals surface area contributed by atoms with E-state index >= 15 is 0 Å². The first kappa shape index (κ1) is 12.3. The fraction of sp³-hybridized carbons (Fsp3) is 0.333. The Morgan fingerprint density at radius 2 is 2.28 bits per heavy atom. The highest BCUT2D eigenvalue weighted by atomic mass is 19.1. The van der Waals surface area contributed by atoms with Gasteiger partial charge in [-0.1, -0.05) is 0 Å². The number of nitrogens with one attached hydrogen (secondary N) is 2. The molecule has 2 amide bonds. The summed E-state index contributed by atoms with van der Waals surface area (Å²) in [4.78, 5) is 22.8. The standard InChI is InChI=1S/C12H13FN2O3/c13-7-1-3-10(16)9(5-7)12(18)15-8-2-4-11(17)14-6-8/h1,3,5,8,16H,2,4,6H2,(H,14,17)(H,15,18). The van der Waals surface area contributed by atoms with Gasteiger partial charge < -0.3 is 15.7 Å². The SMILES string of the molecule is O=C1CCC(NC(=O)c2cc(F)ccc2O)CN1. The van der Waals surface area contributed by atoms with Gasteiger partial charge in [0.25, 0.3) is 5.91 Å². The summed E-state index contributed by atoms with van der Waals surface area (Å²) in [6, 6.07) is 2.99. The first-order chi connectivity index (χ1) is 8.56. The van der Waals surface area contributed by atoms with Crippen LogP contribution in [0.3, 0.4) is 0 Å². The zero-order valence-electron chi connectivity index (χ0n) is 9.57. The summed E-state index contributed by atoms with van der Waals surface area (Å²) in [5, 5.41) is 14.7. The Balaban J connectivity index is 2.03. The smallest absolute Gasteiger partial charge is 0.255 e. The van der Waals surface area contributed by atoms with E-state index < -0.39 is 11.7 Å². The number of halogens is 1. The fourth-order valence-corrected chi connectivity index (χ4v) is 1.81. The minimum Gasteiger partial charge on any atom is -0.507 e. The van der Waals surface area contributed by atoms with Crippen molar-refractivity contribution in [3.63, 3.8) is 0 Å². The highest BCUT2D eigenvalue weighted by Crippen LogP contribution is 2.18. The Labute approximate surface area is 103 Å². The third-order valence-electron chi connectivity index (χ3n) is 2.80. The molecule has 1 fully saturated rings. The molecule has 5 nitrogen and oxygen atoms in total. The molecule has 0 aliphatic carbocycles. The zero-order chi connectivity index (χ0) is 13.1. The lowest BCUT2D eigenvalue weighted by Gasteiger charge is -2.23. The van der Waals surface area contributed by atoms with Crippen molar-refractivity contribution in [2.75, 3.05) is 6.54 Å². The van der Waals surface area contributed by atoms with Crippen LogP contribution < -0.4 is 10.6 Å². The summed E-state index contributed by atoms with van der Waals surface area (Å²) >= 11 is 0. The number of rotatable bonds is 2. The molecule has 1 aliphatic heterocycles. The van der Waals surface area contributed by atoms with Gasteiger partial charge in [-0.25, -0.2) is 4.39 Å². The third-order valence-corrected chi connectivity index (χ3v) is 2.80. The maximum absolute atomic E-state index is 13.0. The van der Waals surface area contributed by atoms with Crippen LogP contribution in [0.1, 0.15) is 23.2 Å². The minimum atomic E-state index is -0.588. The average Bonchev–Trinajstić information content (AvgIpc) is 2.35. The van der Waals surface area contributed by atoms with Crippen molar-refractivity contribution in [2.45, 2.75) is 18.9 Å². The second kappa shape index (κ2) is 5.03. The normalized spacial score (nSPS) is 19.2. The molecule has 96 valence electrons. The molecule has 0 aromatic heterocycles. The van der Waals surface area contributed by atoms with Gasteiger partial charge in [0, 0.05) is 19.0 Å². The average molecular weight is 252 g/mol. The number of hydrogen-bond acceptors (Lipinski definition) is 3. The number of phenols is 1. The molecule has 0 bridgehead atoms. The van der Waals surface area contributed by atoms with Crippen molar-refractivity contribution < 1.29 is 19.1 Å². The molecule has 1 aliphatic rings. The van der Waals surface area contributed by atoms with Gasteiger partial charge in [0.1, 0.15) is 11.6 Å². The van der Waals surface area contributed by atoms with Crippen LogP contribution in [0.5, 0.6) is 5.75 Å². The van der Waals surface area contributed by atoms with Crippen molar-refractivity contribution in [1.29, 1.82) is 0 Å². The molecule has 1 saturated heterocycles. The molecule has 18 heavy (non-hydrogen) atoms. The van der Waals surface area contributed by atoms with Gasteiger partial charge >= 0.3 is 0 Å². The Morgan fingerprint density at radius 3 is 2.94 bits per heavy atom. The Bertz CT molecular complexity index is 480. The van der Waals surface area contributed by atoms with Gasteiger partial charge in [0.15, 0.2) is 0 Å². The summed E-state index contributed by atoms with van der Waals surface area (Å²) in [5.41, 5.74) is -0.105. The summed E-state index contributed by atoms with van der Waals surface area (Å²) in [6.07, 6.45) is 0.883. The summed E-state index contributed by atoms with van der Waals surface area (Å²) in [6.45, 7) is 0.348. The van der Waals surface area contributed by atoms with Crippen LogP contribution in [-0.4, -0.2) is 29.5 Å². The molecule has 0 saturated carbocycles. The zero-order valence-corrected chi connectivity index (χ0v) is 9.57. The van der Waals surface area contributed by atoms with Crippen LogP contribution in [-0.2, 0) is 4.79 Å². The van der Waals surface area contributed by atoms with Gasteiger partial charge in [0.2, 0.25) is 5.91 Å². The number of aromatic hydroxyl groups is 1. The fourth-order valence-electron chi connectivity index (χ4n) is 1.81. The predicted octanol–water partition coefficient (Wildman–Crippen LogP) is 0.540. The first-order valence-electron chi connectivity index (χ1n) is 5.62. The number of phenolic OH excluding ortho intramolecular Hbond substituents is 1. The van der Waals surface area contributed by atoms with E-state index in [0.29, 0.717) is 19.4 Å². The molecule has 3 N–H and O–H groups in total. The number of benzene rings is 1. The summed E-state index contributed by atoms with van der Waals surface area (Å²) in [7, 11) is 0. The molecule has 6 heteroatoms. The largest absolute Gasteiger partial charge is 0.507 e.